The predicted octanol–water partition coefficient (Wildman–Crippen LogP) is 5.77. The van der Waals surface area contributed by atoms with Gasteiger partial charge in [-0.25, -0.2) is 0 Å². The van der Waals surface area contributed by atoms with E-state index >= 15 is 0 Å². The molecular weight excluding hydrogens is 206 g/mol. The van der Waals surface area contributed by atoms with E-state index in [9.17, 15) is 0 Å². The highest BCUT2D eigenvalue weighted by Gasteiger charge is 2.04. The zero-order chi connectivity index (χ0) is 13.9. The van der Waals surface area contributed by atoms with Crippen LogP contribution in [-0.2, 0) is 0 Å². The lowest BCUT2D eigenvalue weighted by Crippen LogP contribution is -2.14. The van der Waals surface area contributed by atoms with Crippen molar-refractivity contribution in [2.75, 3.05) is 6.54 Å². The molecule has 0 saturated heterocycles. The van der Waals surface area contributed by atoms with Crippen molar-refractivity contribution in [2.24, 2.45) is 11.7 Å². The van der Waals surface area contributed by atoms with Crippen LogP contribution in [0.1, 0.15) is 92.9 Å². The fourth-order valence-corrected chi connectivity index (χ4v) is 1.75. The van der Waals surface area contributed by atoms with E-state index in [1.54, 1.807) is 0 Å². The molecule has 0 aromatic carbocycles. The quantitative estimate of drug-likeness (QED) is 0.512. The molecule has 0 atom stereocenters. The number of rotatable bonds is 9. The minimum Gasteiger partial charge on any atom is -0.330 e. The van der Waals surface area contributed by atoms with E-state index in [1.807, 2.05) is 27.7 Å². The average molecular weight is 245 g/mol. The third-order valence-corrected chi connectivity index (χ3v) is 2.77. The smallest absolute Gasteiger partial charge is 0.00489 e. The fraction of sp³-hybridized carbons (Fsp3) is 1.00. The lowest BCUT2D eigenvalue weighted by molar-refractivity contribution is 0.419. The maximum Gasteiger partial charge on any atom is -0.00489 e. The fourth-order valence-electron chi connectivity index (χ4n) is 1.75. The summed E-state index contributed by atoms with van der Waals surface area (Å²) in [5, 5.41) is 0. The highest BCUT2D eigenvalue weighted by molar-refractivity contribution is 4.60. The van der Waals surface area contributed by atoms with Crippen LogP contribution >= 0.6 is 0 Å². The summed E-state index contributed by atoms with van der Waals surface area (Å²) in [6.07, 6.45) is 10.9. The van der Waals surface area contributed by atoms with Gasteiger partial charge in [0.1, 0.15) is 0 Å². The molecule has 108 valence electrons. The maximum atomic E-state index is 5.74. The first-order chi connectivity index (χ1) is 8.35. The molecule has 0 radical (unpaired) electrons. The Bertz CT molecular complexity index is 81.5. The van der Waals surface area contributed by atoms with Crippen molar-refractivity contribution in [3.63, 3.8) is 0 Å². The van der Waals surface area contributed by atoms with E-state index in [1.165, 1.54) is 51.4 Å². The average Bonchev–Trinajstić information content (AvgIpc) is 2.42. The molecule has 0 aliphatic rings. The monoisotopic (exact) mass is 245 g/mol. The molecule has 0 aliphatic heterocycles. The SMILES string of the molecule is CC.CC.CCCCCC(CN)CCCCC. The van der Waals surface area contributed by atoms with Crippen molar-refractivity contribution in [1.82, 2.24) is 0 Å². The van der Waals surface area contributed by atoms with Crippen LogP contribution in [0.4, 0.5) is 0 Å². The van der Waals surface area contributed by atoms with Gasteiger partial charge < -0.3 is 5.73 Å². The second-order valence-corrected chi connectivity index (χ2v) is 4.09. The van der Waals surface area contributed by atoms with Crippen LogP contribution in [0.15, 0.2) is 0 Å². The van der Waals surface area contributed by atoms with Crippen molar-refractivity contribution in [3.8, 4) is 0 Å². The molecule has 17 heavy (non-hydrogen) atoms. The molecule has 2 N–H and O–H groups in total. The summed E-state index contributed by atoms with van der Waals surface area (Å²) in [5.74, 6) is 0.804. The Morgan fingerprint density at radius 3 is 1.29 bits per heavy atom. The van der Waals surface area contributed by atoms with E-state index in [0.29, 0.717) is 0 Å². The lowest BCUT2D eigenvalue weighted by atomic mass is 9.95. The number of nitrogens with two attached hydrogens (primary N) is 1. The third-order valence-electron chi connectivity index (χ3n) is 2.77. The standard InChI is InChI=1S/C12H27N.2C2H6/c1-3-5-7-9-12(11-13)10-8-6-4-2;2*1-2/h12H,3-11,13H2,1-2H3;2*1-2H3. The van der Waals surface area contributed by atoms with Crippen LogP contribution in [-0.4, -0.2) is 6.54 Å². The molecule has 0 aromatic heterocycles. The molecule has 0 bridgehead atoms. The maximum absolute atomic E-state index is 5.74. The molecule has 0 unspecified atom stereocenters. The Labute approximate surface area is 112 Å². The van der Waals surface area contributed by atoms with Gasteiger partial charge in [-0.1, -0.05) is 80.1 Å². The molecule has 0 heterocycles. The van der Waals surface area contributed by atoms with Crippen LogP contribution in [0.5, 0.6) is 0 Å². The molecule has 0 fully saturated rings. The predicted molar refractivity (Wildman–Crippen MR) is 83.5 cm³/mol. The van der Waals surface area contributed by atoms with Crippen LogP contribution in [0, 0.1) is 5.92 Å². The van der Waals surface area contributed by atoms with Crippen LogP contribution in [0.25, 0.3) is 0 Å². The number of unbranched alkanes of at least 4 members (excludes halogenated alkanes) is 4. The highest BCUT2D eigenvalue weighted by atomic mass is 14.5. The Balaban J connectivity index is -0.000000439. The molecular formula is C16H39N. The van der Waals surface area contributed by atoms with Gasteiger partial charge in [0.15, 0.2) is 0 Å². The van der Waals surface area contributed by atoms with Crippen LogP contribution in [0.3, 0.4) is 0 Å². The first-order valence-corrected chi connectivity index (χ1v) is 8.05. The lowest BCUT2D eigenvalue weighted by Gasteiger charge is -2.13. The molecule has 1 nitrogen and oxygen atoms in total. The van der Waals surface area contributed by atoms with Gasteiger partial charge in [-0.15, -0.1) is 0 Å². The summed E-state index contributed by atoms with van der Waals surface area (Å²) in [4.78, 5) is 0. The van der Waals surface area contributed by atoms with Gasteiger partial charge >= 0.3 is 0 Å². The van der Waals surface area contributed by atoms with E-state index < -0.39 is 0 Å². The first kappa shape index (κ1) is 22.2. The van der Waals surface area contributed by atoms with Crippen molar-refractivity contribution in [1.29, 1.82) is 0 Å². The molecule has 0 aromatic rings. The van der Waals surface area contributed by atoms with Gasteiger partial charge in [-0.3, -0.25) is 0 Å². The molecule has 0 amide bonds. The molecule has 1 heteroatoms. The highest BCUT2D eigenvalue weighted by Crippen LogP contribution is 2.15. The van der Waals surface area contributed by atoms with E-state index in [0.717, 1.165) is 12.5 Å². The zero-order valence-corrected chi connectivity index (χ0v) is 13.5. The van der Waals surface area contributed by atoms with Crippen molar-refractivity contribution in [2.45, 2.75) is 92.9 Å². The second kappa shape index (κ2) is 25.0. The zero-order valence-electron chi connectivity index (χ0n) is 13.5. The summed E-state index contributed by atoms with van der Waals surface area (Å²) in [6.45, 7) is 13.4. The molecule has 0 spiro atoms. The number of hydrogen-bond acceptors (Lipinski definition) is 1. The summed E-state index contributed by atoms with van der Waals surface area (Å²) in [6, 6.07) is 0. The van der Waals surface area contributed by atoms with Crippen molar-refractivity contribution < 1.29 is 0 Å². The normalized spacial score (nSPS) is 9.18. The summed E-state index contributed by atoms with van der Waals surface area (Å²) in [7, 11) is 0. The van der Waals surface area contributed by atoms with Crippen molar-refractivity contribution in [3.05, 3.63) is 0 Å². The molecule has 0 rings (SSSR count). The van der Waals surface area contributed by atoms with Crippen LogP contribution < -0.4 is 5.73 Å². The van der Waals surface area contributed by atoms with E-state index in [4.69, 9.17) is 5.73 Å². The van der Waals surface area contributed by atoms with Gasteiger partial charge in [0, 0.05) is 0 Å². The minimum absolute atomic E-state index is 0.804. The minimum atomic E-state index is 0.804. The number of hydrogen-bond donors (Lipinski definition) is 1. The van der Waals surface area contributed by atoms with Gasteiger partial charge in [-0.2, -0.15) is 0 Å². The largest absolute Gasteiger partial charge is 0.330 e. The topological polar surface area (TPSA) is 26.0 Å². The van der Waals surface area contributed by atoms with Gasteiger partial charge in [0.05, 0.1) is 0 Å². The van der Waals surface area contributed by atoms with Gasteiger partial charge in [0.25, 0.3) is 0 Å². The molecule has 0 saturated carbocycles. The van der Waals surface area contributed by atoms with E-state index in [2.05, 4.69) is 13.8 Å². The summed E-state index contributed by atoms with van der Waals surface area (Å²) < 4.78 is 0. The van der Waals surface area contributed by atoms with Crippen molar-refractivity contribution >= 4 is 0 Å². The van der Waals surface area contributed by atoms with Gasteiger partial charge in [0.2, 0.25) is 0 Å². The van der Waals surface area contributed by atoms with E-state index in [-0.39, 0.29) is 0 Å². The Morgan fingerprint density at radius 2 is 1.06 bits per heavy atom. The first-order valence-electron chi connectivity index (χ1n) is 8.05. The molecule has 0 aliphatic carbocycles. The summed E-state index contributed by atoms with van der Waals surface area (Å²) >= 11 is 0. The Hall–Kier alpha value is -0.0400. The van der Waals surface area contributed by atoms with Gasteiger partial charge in [-0.05, 0) is 25.3 Å². The van der Waals surface area contributed by atoms with Crippen LogP contribution in [0.2, 0.25) is 0 Å². The Morgan fingerprint density at radius 1 is 0.706 bits per heavy atom. The second-order valence-electron chi connectivity index (χ2n) is 4.09. The Kier molecular flexibility index (Phi) is 32.6. The third kappa shape index (κ3) is 21.7. The summed E-state index contributed by atoms with van der Waals surface area (Å²) in [5.41, 5.74) is 5.74.